The first kappa shape index (κ1) is 13.6. The average Bonchev–Trinajstić information content (AvgIpc) is 2.86. The molecule has 6 heteroatoms. The first-order chi connectivity index (χ1) is 8.93. The highest BCUT2D eigenvalue weighted by Gasteiger charge is 2.34. The predicted molar refractivity (Wildman–Crippen MR) is 65.1 cm³/mol. The zero-order valence-corrected chi connectivity index (χ0v) is 9.95. The summed E-state index contributed by atoms with van der Waals surface area (Å²) in [5, 5.41) is 0. The van der Waals surface area contributed by atoms with E-state index in [0.717, 1.165) is 6.07 Å². The van der Waals surface area contributed by atoms with Crippen molar-refractivity contribution in [3.8, 4) is 11.3 Å². The Hall–Kier alpha value is -1.79. The largest absolute Gasteiger partial charge is 0.459 e. The molecule has 0 radical (unpaired) electrons. The van der Waals surface area contributed by atoms with Gasteiger partial charge in [0.15, 0.2) is 0 Å². The van der Waals surface area contributed by atoms with Crippen LogP contribution < -0.4 is 11.5 Å². The lowest BCUT2D eigenvalue weighted by Crippen LogP contribution is -2.19. The summed E-state index contributed by atoms with van der Waals surface area (Å²) in [5.41, 5.74) is 10.3. The van der Waals surface area contributed by atoms with Gasteiger partial charge in [-0.15, -0.1) is 0 Å². The van der Waals surface area contributed by atoms with Gasteiger partial charge in [0.05, 0.1) is 11.6 Å². The lowest BCUT2D eigenvalue weighted by molar-refractivity contribution is -0.137. The third-order valence-electron chi connectivity index (χ3n) is 2.74. The molecule has 3 nitrogen and oxygen atoms in total. The van der Waals surface area contributed by atoms with E-state index in [0.29, 0.717) is 5.76 Å². The lowest BCUT2D eigenvalue weighted by Gasteiger charge is -2.11. The third-order valence-corrected chi connectivity index (χ3v) is 2.74. The Labute approximate surface area is 108 Å². The van der Waals surface area contributed by atoms with Crippen LogP contribution in [0.2, 0.25) is 0 Å². The van der Waals surface area contributed by atoms with Gasteiger partial charge in [-0.3, -0.25) is 0 Å². The van der Waals surface area contributed by atoms with Crippen molar-refractivity contribution in [1.29, 1.82) is 0 Å². The molecule has 0 spiro atoms. The van der Waals surface area contributed by atoms with Crippen LogP contribution in [0.3, 0.4) is 0 Å². The molecule has 0 saturated heterocycles. The minimum Gasteiger partial charge on any atom is -0.459 e. The number of furan rings is 1. The topological polar surface area (TPSA) is 65.2 Å². The van der Waals surface area contributed by atoms with Crippen LogP contribution in [0.15, 0.2) is 40.8 Å². The Balaban J connectivity index is 2.45. The van der Waals surface area contributed by atoms with Gasteiger partial charge in [-0.05, 0) is 18.2 Å². The second-order valence-corrected chi connectivity index (χ2v) is 4.09. The Kier molecular flexibility index (Phi) is 3.64. The molecule has 0 aliphatic rings. The molecule has 1 unspecified atom stereocenters. The van der Waals surface area contributed by atoms with Crippen molar-refractivity contribution in [2.75, 3.05) is 6.54 Å². The fourth-order valence-electron chi connectivity index (χ4n) is 1.76. The fraction of sp³-hybridized carbons (Fsp3) is 0.231. The number of hydrogen-bond acceptors (Lipinski definition) is 3. The molecule has 0 bridgehead atoms. The van der Waals surface area contributed by atoms with Crippen molar-refractivity contribution in [3.05, 3.63) is 47.7 Å². The molecular formula is C13H13F3N2O. The molecule has 4 N–H and O–H groups in total. The minimum atomic E-state index is -4.43. The number of rotatable bonds is 3. The maximum absolute atomic E-state index is 12.9. The van der Waals surface area contributed by atoms with Crippen LogP contribution in [0, 0.1) is 0 Å². The summed E-state index contributed by atoms with van der Waals surface area (Å²) >= 11 is 0. The van der Waals surface area contributed by atoms with Gasteiger partial charge < -0.3 is 15.9 Å². The molecule has 0 amide bonds. The van der Waals surface area contributed by atoms with Gasteiger partial charge in [-0.1, -0.05) is 18.2 Å². The number of alkyl halides is 3. The van der Waals surface area contributed by atoms with Crippen LogP contribution in [0.5, 0.6) is 0 Å². The quantitative estimate of drug-likeness (QED) is 0.901. The molecule has 2 aromatic rings. The summed E-state index contributed by atoms with van der Waals surface area (Å²) in [4.78, 5) is 0. The van der Waals surface area contributed by atoms with E-state index in [1.165, 1.54) is 24.3 Å². The van der Waals surface area contributed by atoms with E-state index in [-0.39, 0.29) is 17.9 Å². The SMILES string of the molecule is NCC(N)c1ccc(-c2ccccc2C(F)(F)F)o1. The molecule has 102 valence electrons. The number of benzene rings is 1. The Morgan fingerprint density at radius 3 is 2.42 bits per heavy atom. The molecular weight excluding hydrogens is 257 g/mol. The van der Waals surface area contributed by atoms with Gasteiger partial charge in [-0.2, -0.15) is 13.2 Å². The first-order valence-electron chi connectivity index (χ1n) is 5.65. The summed E-state index contributed by atoms with van der Waals surface area (Å²) in [6, 6.07) is 7.72. The summed E-state index contributed by atoms with van der Waals surface area (Å²) in [6.07, 6.45) is -4.43. The van der Waals surface area contributed by atoms with E-state index in [1.807, 2.05) is 0 Å². The molecule has 1 aromatic carbocycles. The molecule has 1 heterocycles. The zero-order valence-electron chi connectivity index (χ0n) is 9.95. The Bertz CT molecular complexity index is 563. The normalized spacial score (nSPS) is 13.5. The number of nitrogens with two attached hydrogens (primary N) is 2. The molecule has 1 aromatic heterocycles. The molecule has 2 rings (SSSR count). The van der Waals surface area contributed by atoms with E-state index >= 15 is 0 Å². The maximum Gasteiger partial charge on any atom is 0.417 e. The number of halogens is 3. The van der Waals surface area contributed by atoms with E-state index in [1.54, 1.807) is 6.07 Å². The fourth-order valence-corrected chi connectivity index (χ4v) is 1.76. The highest BCUT2D eigenvalue weighted by molar-refractivity contribution is 5.63. The summed E-state index contributed by atoms with van der Waals surface area (Å²) < 4.78 is 44.0. The predicted octanol–water partition coefficient (Wildman–Crippen LogP) is 2.92. The second kappa shape index (κ2) is 5.07. The monoisotopic (exact) mass is 270 g/mol. The van der Waals surface area contributed by atoms with Gasteiger partial charge in [0.2, 0.25) is 0 Å². The van der Waals surface area contributed by atoms with Crippen LogP contribution in [-0.4, -0.2) is 6.54 Å². The highest BCUT2D eigenvalue weighted by Crippen LogP contribution is 2.37. The van der Waals surface area contributed by atoms with Gasteiger partial charge in [0, 0.05) is 12.1 Å². The highest BCUT2D eigenvalue weighted by atomic mass is 19.4. The minimum absolute atomic E-state index is 0.00882. The van der Waals surface area contributed by atoms with Gasteiger partial charge in [-0.25, -0.2) is 0 Å². The zero-order chi connectivity index (χ0) is 14.0. The average molecular weight is 270 g/mol. The van der Waals surface area contributed by atoms with Crippen molar-refractivity contribution in [1.82, 2.24) is 0 Å². The van der Waals surface area contributed by atoms with E-state index < -0.39 is 17.8 Å². The van der Waals surface area contributed by atoms with E-state index in [4.69, 9.17) is 15.9 Å². The lowest BCUT2D eigenvalue weighted by atomic mass is 10.1. The first-order valence-corrected chi connectivity index (χ1v) is 5.65. The van der Waals surface area contributed by atoms with E-state index in [2.05, 4.69) is 0 Å². The van der Waals surface area contributed by atoms with Gasteiger partial charge in [0.25, 0.3) is 0 Å². The van der Waals surface area contributed by atoms with Crippen molar-refractivity contribution >= 4 is 0 Å². The van der Waals surface area contributed by atoms with Crippen molar-refractivity contribution < 1.29 is 17.6 Å². The third kappa shape index (κ3) is 2.80. The smallest absolute Gasteiger partial charge is 0.417 e. The second-order valence-electron chi connectivity index (χ2n) is 4.09. The van der Waals surface area contributed by atoms with Crippen LogP contribution in [-0.2, 0) is 6.18 Å². The summed E-state index contributed by atoms with van der Waals surface area (Å²) in [7, 11) is 0. The molecule has 0 saturated carbocycles. The Morgan fingerprint density at radius 1 is 1.11 bits per heavy atom. The van der Waals surface area contributed by atoms with Crippen molar-refractivity contribution in [3.63, 3.8) is 0 Å². The van der Waals surface area contributed by atoms with Crippen LogP contribution in [0.1, 0.15) is 17.4 Å². The molecule has 0 fully saturated rings. The number of hydrogen-bond donors (Lipinski definition) is 2. The van der Waals surface area contributed by atoms with Crippen LogP contribution >= 0.6 is 0 Å². The summed E-state index contributed by atoms with van der Waals surface area (Å²) in [6.45, 7) is 0.161. The van der Waals surface area contributed by atoms with Crippen molar-refractivity contribution in [2.24, 2.45) is 11.5 Å². The molecule has 1 atom stereocenters. The summed E-state index contributed by atoms with van der Waals surface area (Å²) in [5.74, 6) is 0.501. The van der Waals surface area contributed by atoms with Crippen LogP contribution in [0.4, 0.5) is 13.2 Å². The standard InChI is InChI=1S/C13H13F3N2O/c14-13(15,16)9-4-2-1-3-8(9)11-5-6-12(19-11)10(18)7-17/h1-6,10H,7,17-18H2. The van der Waals surface area contributed by atoms with Crippen molar-refractivity contribution in [2.45, 2.75) is 12.2 Å². The van der Waals surface area contributed by atoms with E-state index in [9.17, 15) is 13.2 Å². The molecule has 19 heavy (non-hydrogen) atoms. The Morgan fingerprint density at radius 2 is 1.79 bits per heavy atom. The van der Waals surface area contributed by atoms with Gasteiger partial charge >= 0.3 is 6.18 Å². The molecule has 0 aliphatic carbocycles. The molecule has 0 aliphatic heterocycles. The van der Waals surface area contributed by atoms with Crippen LogP contribution in [0.25, 0.3) is 11.3 Å². The maximum atomic E-state index is 12.9. The van der Waals surface area contributed by atoms with Gasteiger partial charge in [0.1, 0.15) is 11.5 Å².